The van der Waals surface area contributed by atoms with Crippen LogP contribution in [-0.4, -0.2) is 12.7 Å². The molecule has 1 aromatic carbocycles. The van der Waals surface area contributed by atoms with Crippen molar-refractivity contribution in [2.75, 3.05) is 6.61 Å². The van der Waals surface area contributed by atoms with Crippen molar-refractivity contribution in [2.24, 2.45) is 5.73 Å². The largest absolute Gasteiger partial charge is 0.378 e. The quantitative estimate of drug-likeness (QED) is 0.901. The maximum atomic E-state index is 6.12. The number of halogens is 2. The first-order chi connectivity index (χ1) is 7.66. The van der Waals surface area contributed by atoms with E-state index < -0.39 is 0 Å². The zero-order chi connectivity index (χ0) is 11.5. The second-order valence-corrected chi connectivity index (χ2v) is 4.99. The van der Waals surface area contributed by atoms with E-state index in [4.69, 9.17) is 33.7 Å². The van der Waals surface area contributed by atoms with Crippen molar-refractivity contribution in [1.82, 2.24) is 0 Å². The first kappa shape index (κ1) is 12.2. The Labute approximate surface area is 106 Å². The van der Waals surface area contributed by atoms with Crippen LogP contribution in [0.1, 0.15) is 30.9 Å². The molecule has 0 spiro atoms. The molecule has 2 N–H and O–H groups in total. The molecule has 2 rings (SSSR count). The Morgan fingerprint density at radius 3 is 2.94 bits per heavy atom. The lowest BCUT2D eigenvalue weighted by atomic mass is 10.0. The second-order valence-electron chi connectivity index (χ2n) is 4.14. The van der Waals surface area contributed by atoms with E-state index in [1.54, 1.807) is 12.1 Å². The van der Waals surface area contributed by atoms with Crippen LogP contribution < -0.4 is 5.73 Å². The molecule has 0 saturated carbocycles. The molecular formula is C12H15Cl2NO. The third-order valence-corrected chi connectivity index (χ3v) is 3.48. The molecule has 1 aliphatic rings. The Morgan fingerprint density at radius 2 is 2.25 bits per heavy atom. The van der Waals surface area contributed by atoms with Gasteiger partial charge in [-0.2, -0.15) is 0 Å². The molecule has 1 heterocycles. The SMILES string of the molecule is NC(CC1CCCO1)c1cc(Cl)ccc1Cl. The summed E-state index contributed by atoms with van der Waals surface area (Å²) in [6.07, 6.45) is 3.29. The molecule has 0 radical (unpaired) electrons. The fraction of sp³-hybridized carbons (Fsp3) is 0.500. The fourth-order valence-corrected chi connectivity index (χ4v) is 2.48. The van der Waals surface area contributed by atoms with Gasteiger partial charge in [-0.15, -0.1) is 0 Å². The van der Waals surface area contributed by atoms with Gasteiger partial charge in [-0.25, -0.2) is 0 Å². The molecule has 4 heteroatoms. The summed E-state index contributed by atoms with van der Waals surface area (Å²) in [6, 6.07) is 5.29. The lowest BCUT2D eigenvalue weighted by molar-refractivity contribution is 0.0983. The van der Waals surface area contributed by atoms with E-state index in [1.165, 1.54) is 0 Å². The molecule has 2 nitrogen and oxygen atoms in total. The summed E-state index contributed by atoms with van der Waals surface area (Å²) < 4.78 is 5.56. The van der Waals surface area contributed by atoms with E-state index >= 15 is 0 Å². The van der Waals surface area contributed by atoms with Gasteiger partial charge in [0, 0.05) is 22.7 Å². The van der Waals surface area contributed by atoms with Crippen LogP contribution in [0.3, 0.4) is 0 Å². The molecule has 0 aliphatic carbocycles. The van der Waals surface area contributed by atoms with Crippen LogP contribution >= 0.6 is 23.2 Å². The summed E-state index contributed by atoms with van der Waals surface area (Å²) in [7, 11) is 0. The number of hydrogen-bond acceptors (Lipinski definition) is 2. The predicted octanol–water partition coefficient (Wildman–Crippen LogP) is 3.56. The Bertz CT molecular complexity index is 364. The summed E-state index contributed by atoms with van der Waals surface area (Å²) in [4.78, 5) is 0. The minimum atomic E-state index is -0.103. The topological polar surface area (TPSA) is 35.2 Å². The Kier molecular flexibility index (Phi) is 4.09. The highest BCUT2D eigenvalue weighted by molar-refractivity contribution is 6.33. The fourth-order valence-electron chi connectivity index (χ4n) is 2.04. The molecule has 16 heavy (non-hydrogen) atoms. The highest BCUT2D eigenvalue weighted by Crippen LogP contribution is 2.29. The van der Waals surface area contributed by atoms with E-state index in [-0.39, 0.29) is 12.1 Å². The lowest BCUT2D eigenvalue weighted by Crippen LogP contribution is -2.18. The van der Waals surface area contributed by atoms with E-state index in [1.807, 2.05) is 6.07 Å². The molecule has 0 aromatic heterocycles. The van der Waals surface area contributed by atoms with Crippen LogP contribution in [0, 0.1) is 0 Å². The van der Waals surface area contributed by atoms with Gasteiger partial charge in [0.25, 0.3) is 0 Å². The third-order valence-electron chi connectivity index (χ3n) is 2.90. The van der Waals surface area contributed by atoms with Crippen molar-refractivity contribution in [3.05, 3.63) is 33.8 Å². The van der Waals surface area contributed by atoms with Crippen LogP contribution in [0.4, 0.5) is 0 Å². The van der Waals surface area contributed by atoms with Crippen LogP contribution in [-0.2, 0) is 4.74 Å². The van der Waals surface area contributed by atoms with Crippen molar-refractivity contribution in [3.8, 4) is 0 Å². The predicted molar refractivity (Wildman–Crippen MR) is 67.0 cm³/mol. The molecule has 1 aliphatic heterocycles. The van der Waals surface area contributed by atoms with E-state index in [9.17, 15) is 0 Å². The molecule has 1 saturated heterocycles. The summed E-state index contributed by atoms with van der Waals surface area (Å²) >= 11 is 12.0. The number of hydrogen-bond donors (Lipinski definition) is 1. The Balaban J connectivity index is 2.07. The van der Waals surface area contributed by atoms with Gasteiger partial charge in [-0.3, -0.25) is 0 Å². The minimum Gasteiger partial charge on any atom is -0.378 e. The number of rotatable bonds is 3. The maximum absolute atomic E-state index is 6.12. The summed E-state index contributed by atoms with van der Waals surface area (Å²) in [5.41, 5.74) is 7.03. The molecule has 1 fully saturated rings. The molecular weight excluding hydrogens is 245 g/mol. The molecule has 2 atom stereocenters. The van der Waals surface area contributed by atoms with Crippen molar-refractivity contribution in [2.45, 2.75) is 31.4 Å². The third kappa shape index (κ3) is 2.89. The van der Waals surface area contributed by atoms with E-state index in [0.717, 1.165) is 31.4 Å². The molecule has 0 amide bonds. The Hall–Kier alpha value is -0.280. The summed E-state index contributed by atoms with van der Waals surface area (Å²) in [6.45, 7) is 0.848. The standard InChI is InChI=1S/C12H15Cl2NO/c13-8-3-4-11(14)10(6-8)12(15)7-9-2-1-5-16-9/h3-4,6,9,12H,1-2,5,7,15H2. The van der Waals surface area contributed by atoms with Crippen molar-refractivity contribution >= 4 is 23.2 Å². The number of nitrogens with two attached hydrogens (primary N) is 1. The summed E-state index contributed by atoms with van der Waals surface area (Å²) in [5.74, 6) is 0. The normalized spacial score (nSPS) is 22.3. The van der Waals surface area contributed by atoms with Gasteiger partial charge in [-0.05, 0) is 43.0 Å². The zero-order valence-electron chi connectivity index (χ0n) is 8.96. The van der Waals surface area contributed by atoms with Crippen LogP contribution in [0.25, 0.3) is 0 Å². The van der Waals surface area contributed by atoms with E-state index in [2.05, 4.69) is 0 Å². The highest BCUT2D eigenvalue weighted by Gasteiger charge is 2.20. The smallest absolute Gasteiger partial charge is 0.0594 e. The van der Waals surface area contributed by atoms with Gasteiger partial charge >= 0.3 is 0 Å². The van der Waals surface area contributed by atoms with Gasteiger partial charge in [0.05, 0.1) is 6.10 Å². The average molecular weight is 260 g/mol. The van der Waals surface area contributed by atoms with Crippen molar-refractivity contribution < 1.29 is 4.74 Å². The monoisotopic (exact) mass is 259 g/mol. The number of benzene rings is 1. The zero-order valence-corrected chi connectivity index (χ0v) is 10.5. The van der Waals surface area contributed by atoms with Gasteiger partial charge in [0.15, 0.2) is 0 Å². The first-order valence-electron chi connectivity index (χ1n) is 5.49. The average Bonchev–Trinajstić information content (AvgIpc) is 2.74. The molecule has 0 bridgehead atoms. The lowest BCUT2D eigenvalue weighted by Gasteiger charge is -2.17. The summed E-state index contributed by atoms with van der Waals surface area (Å²) in [5, 5.41) is 1.34. The molecule has 88 valence electrons. The highest BCUT2D eigenvalue weighted by atomic mass is 35.5. The first-order valence-corrected chi connectivity index (χ1v) is 6.24. The van der Waals surface area contributed by atoms with Crippen LogP contribution in [0.15, 0.2) is 18.2 Å². The molecule has 1 aromatic rings. The van der Waals surface area contributed by atoms with Gasteiger partial charge in [0.2, 0.25) is 0 Å². The van der Waals surface area contributed by atoms with Crippen molar-refractivity contribution in [3.63, 3.8) is 0 Å². The Morgan fingerprint density at radius 1 is 1.44 bits per heavy atom. The maximum Gasteiger partial charge on any atom is 0.0594 e. The van der Waals surface area contributed by atoms with Gasteiger partial charge in [-0.1, -0.05) is 23.2 Å². The number of ether oxygens (including phenoxy) is 1. The second kappa shape index (κ2) is 5.37. The minimum absolute atomic E-state index is 0.103. The van der Waals surface area contributed by atoms with Gasteiger partial charge in [0.1, 0.15) is 0 Å². The molecule has 2 unspecified atom stereocenters. The van der Waals surface area contributed by atoms with Crippen LogP contribution in [0.2, 0.25) is 10.0 Å². The van der Waals surface area contributed by atoms with Crippen LogP contribution in [0.5, 0.6) is 0 Å². The van der Waals surface area contributed by atoms with Crippen molar-refractivity contribution in [1.29, 1.82) is 0 Å². The van der Waals surface area contributed by atoms with E-state index in [0.29, 0.717) is 10.0 Å². The van der Waals surface area contributed by atoms with Gasteiger partial charge < -0.3 is 10.5 Å².